The SMILES string of the molecule is CNc1ccncc1C(=O)NCC1CCN(C)CC1. The van der Waals surface area contributed by atoms with Crippen LogP contribution in [0.4, 0.5) is 5.69 Å². The van der Waals surface area contributed by atoms with E-state index in [1.165, 1.54) is 0 Å². The molecule has 0 saturated carbocycles. The molecule has 0 aromatic carbocycles. The Morgan fingerprint density at radius 2 is 2.21 bits per heavy atom. The highest BCUT2D eigenvalue weighted by Gasteiger charge is 2.18. The van der Waals surface area contributed by atoms with Crippen molar-refractivity contribution in [1.82, 2.24) is 15.2 Å². The van der Waals surface area contributed by atoms with Gasteiger partial charge in [-0.2, -0.15) is 0 Å². The van der Waals surface area contributed by atoms with E-state index in [0.29, 0.717) is 11.5 Å². The molecular weight excluding hydrogens is 240 g/mol. The van der Waals surface area contributed by atoms with Crippen molar-refractivity contribution in [2.75, 3.05) is 39.0 Å². The van der Waals surface area contributed by atoms with E-state index >= 15 is 0 Å². The summed E-state index contributed by atoms with van der Waals surface area (Å²) in [5.74, 6) is 0.547. The monoisotopic (exact) mass is 262 g/mol. The fourth-order valence-corrected chi connectivity index (χ4v) is 2.39. The van der Waals surface area contributed by atoms with Crippen molar-refractivity contribution in [1.29, 1.82) is 0 Å². The average Bonchev–Trinajstić information content (AvgIpc) is 2.46. The third-order valence-corrected chi connectivity index (χ3v) is 3.72. The van der Waals surface area contributed by atoms with E-state index in [9.17, 15) is 4.79 Å². The molecule has 1 amide bonds. The molecule has 0 aliphatic carbocycles. The van der Waals surface area contributed by atoms with Crippen LogP contribution >= 0.6 is 0 Å². The zero-order valence-electron chi connectivity index (χ0n) is 11.6. The minimum Gasteiger partial charge on any atom is -0.387 e. The highest BCUT2D eigenvalue weighted by molar-refractivity contribution is 5.99. The number of amides is 1. The largest absolute Gasteiger partial charge is 0.387 e. The normalized spacial score (nSPS) is 17.2. The average molecular weight is 262 g/mol. The van der Waals surface area contributed by atoms with Crippen LogP contribution in [0.5, 0.6) is 0 Å². The number of nitrogens with one attached hydrogen (secondary N) is 2. The van der Waals surface area contributed by atoms with Crippen LogP contribution in [0, 0.1) is 5.92 Å². The number of anilines is 1. The Morgan fingerprint density at radius 3 is 2.89 bits per heavy atom. The van der Waals surface area contributed by atoms with Crippen LogP contribution in [-0.4, -0.2) is 49.5 Å². The summed E-state index contributed by atoms with van der Waals surface area (Å²) in [6.45, 7) is 3.00. The third kappa shape index (κ3) is 3.67. The second-order valence-corrected chi connectivity index (χ2v) is 5.13. The van der Waals surface area contributed by atoms with Crippen molar-refractivity contribution in [3.8, 4) is 0 Å². The molecular formula is C14H22N4O. The number of carbonyl (C=O) groups excluding carboxylic acids is 1. The van der Waals surface area contributed by atoms with E-state index in [0.717, 1.165) is 38.2 Å². The first kappa shape index (κ1) is 13.8. The third-order valence-electron chi connectivity index (χ3n) is 3.72. The molecule has 0 radical (unpaired) electrons. The van der Waals surface area contributed by atoms with E-state index in [1.54, 1.807) is 12.4 Å². The molecule has 0 bridgehead atoms. The van der Waals surface area contributed by atoms with Crippen molar-refractivity contribution in [3.63, 3.8) is 0 Å². The number of carbonyl (C=O) groups is 1. The van der Waals surface area contributed by atoms with Crippen LogP contribution < -0.4 is 10.6 Å². The number of pyridine rings is 1. The molecule has 1 aliphatic heterocycles. The van der Waals surface area contributed by atoms with E-state index in [2.05, 4.69) is 27.6 Å². The van der Waals surface area contributed by atoms with E-state index in [-0.39, 0.29) is 5.91 Å². The fraction of sp³-hybridized carbons (Fsp3) is 0.571. The molecule has 1 aromatic rings. The van der Waals surface area contributed by atoms with Gasteiger partial charge in [0.2, 0.25) is 0 Å². The van der Waals surface area contributed by atoms with E-state index in [4.69, 9.17) is 0 Å². The maximum atomic E-state index is 12.1. The van der Waals surface area contributed by atoms with Gasteiger partial charge in [0.25, 0.3) is 5.91 Å². The van der Waals surface area contributed by atoms with Gasteiger partial charge in [0.15, 0.2) is 0 Å². The quantitative estimate of drug-likeness (QED) is 0.856. The highest BCUT2D eigenvalue weighted by Crippen LogP contribution is 2.16. The summed E-state index contributed by atoms with van der Waals surface area (Å²) in [5, 5.41) is 6.03. The molecule has 104 valence electrons. The molecule has 2 heterocycles. The van der Waals surface area contributed by atoms with Gasteiger partial charge in [-0.15, -0.1) is 0 Å². The minimum atomic E-state index is -0.0450. The number of aromatic nitrogens is 1. The van der Waals surface area contributed by atoms with Gasteiger partial charge < -0.3 is 15.5 Å². The summed E-state index contributed by atoms with van der Waals surface area (Å²) in [4.78, 5) is 18.5. The van der Waals surface area contributed by atoms with Crippen molar-refractivity contribution < 1.29 is 4.79 Å². The number of nitrogens with zero attached hydrogens (tertiary/aromatic N) is 2. The van der Waals surface area contributed by atoms with Gasteiger partial charge >= 0.3 is 0 Å². The van der Waals surface area contributed by atoms with Crippen molar-refractivity contribution in [3.05, 3.63) is 24.0 Å². The van der Waals surface area contributed by atoms with E-state index < -0.39 is 0 Å². The Hall–Kier alpha value is -1.62. The molecule has 1 saturated heterocycles. The van der Waals surface area contributed by atoms with Gasteiger partial charge in [-0.3, -0.25) is 9.78 Å². The summed E-state index contributed by atoms with van der Waals surface area (Å²) in [7, 11) is 3.95. The van der Waals surface area contributed by atoms with Crippen molar-refractivity contribution >= 4 is 11.6 Å². The maximum absolute atomic E-state index is 12.1. The first-order valence-electron chi connectivity index (χ1n) is 6.79. The second-order valence-electron chi connectivity index (χ2n) is 5.13. The molecule has 5 nitrogen and oxygen atoms in total. The van der Waals surface area contributed by atoms with Gasteiger partial charge in [0, 0.05) is 31.7 Å². The standard InChI is InChI=1S/C14H22N4O/c1-15-13-3-6-16-10-12(13)14(19)17-9-11-4-7-18(2)8-5-11/h3,6,10-11H,4-5,7-9H2,1-2H3,(H,15,16)(H,17,19). The van der Waals surface area contributed by atoms with Crippen molar-refractivity contribution in [2.45, 2.75) is 12.8 Å². The van der Waals surface area contributed by atoms with Crippen LogP contribution in [-0.2, 0) is 0 Å². The molecule has 1 fully saturated rings. The lowest BCUT2D eigenvalue weighted by Crippen LogP contribution is -2.37. The van der Waals surface area contributed by atoms with Crippen molar-refractivity contribution in [2.24, 2.45) is 5.92 Å². The Labute approximate surface area is 114 Å². The van der Waals surface area contributed by atoms with Crippen LogP contribution in [0.3, 0.4) is 0 Å². The van der Waals surface area contributed by atoms with Gasteiger partial charge in [-0.1, -0.05) is 0 Å². The lowest BCUT2D eigenvalue weighted by molar-refractivity contribution is 0.0939. The maximum Gasteiger partial charge on any atom is 0.254 e. The molecule has 2 rings (SSSR count). The lowest BCUT2D eigenvalue weighted by atomic mass is 9.97. The first-order chi connectivity index (χ1) is 9.20. The number of hydrogen-bond donors (Lipinski definition) is 2. The zero-order valence-corrected chi connectivity index (χ0v) is 11.6. The minimum absolute atomic E-state index is 0.0450. The highest BCUT2D eigenvalue weighted by atomic mass is 16.1. The lowest BCUT2D eigenvalue weighted by Gasteiger charge is -2.29. The Balaban J connectivity index is 1.87. The topological polar surface area (TPSA) is 57.3 Å². The molecule has 19 heavy (non-hydrogen) atoms. The van der Waals surface area contributed by atoms with E-state index in [1.807, 2.05) is 13.1 Å². The molecule has 1 aliphatic rings. The molecule has 5 heteroatoms. The van der Waals surface area contributed by atoms with Gasteiger partial charge in [0.05, 0.1) is 5.56 Å². The van der Waals surface area contributed by atoms with Gasteiger partial charge in [-0.25, -0.2) is 0 Å². The number of rotatable bonds is 4. The zero-order chi connectivity index (χ0) is 13.7. The predicted molar refractivity (Wildman–Crippen MR) is 76.3 cm³/mol. The number of likely N-dealkylation sites (tertiary alicyclic amines) is 1. The fourth-order valence-electron chi connectivity index (χ4n) is 2.39. The Bertz CT molecular complexity index is 427. The summed E-state index contributed by atoms with van der Waals surface area (Å²) < 4.78 is 0. The molecule has 0 unspecified atom stereocenters. The Kier molecular flexibility index (Phi) is 4.74. The molecule has 1 aromatic heterocycles. The summed E-state index contributed by atoms with van der Waals surface area (Å²) >= 11 is 0. The Morgan fingerprint density at radius 1 is 1.47 bits per heavy atom. The summed E-state index contributed by atoms with van der Waals surface area (Å²) in [6.07, 6.45) is 5.60. The number of hydrogen-bond acceptors (Lipinski definition) is 4. The first-order valence-corrected chi connectivity index (χ1v) is 6.79. The smallest absolute Gasteiger partial charge is 0.254 e. The summed E-state index contributed by atoms with van der Waals surface area (Å²) in [5.41, 5.74) is 1.42. The molecule has 0 atom stereocenters. The van der Waals surface area contributed by atoms with Crippen LogP contribution in [0.25, 0.3) is 0 Å². The van der Waals surface area contributed by atoms with Gasteiger partial charge in [0.1, 0.15) is 0 Å². The summed E-state index contributed by atoms with van der Waals surface area (Å²) in [6, 6.07) is 1.81. The predicted octanol–water partition coefficient (Wildman–Crippen LogP) is 1.19. The van der Waals surface area contributed by atoms with Crippen LogP contribution in [0.1, 0.15) is 23.2 Å². The second kappa shape index (κ2) is 6.52. The van der Waals surface area contributed by atoms with Crippen LogP contribution in [0.2, 0.25) is 0 Å². The van der Waals surface area contributed by atoms with Crippen LogP contribution in [0.15, 0.2) is 18.5 Å². The van der Waals surface area contributed by atoms with Gasteiger partial charge in [-0.05, 0) is 45.0 Å². The molecule has 0 spiro atoms. The molecule has 2 N–H and O–H groups in total. The number of piperidine rings is 1.